The van der Waals surface area contributed by atoms with Gasteiger partial charge in [0.15, 0.2) is 17.3 Å². The maximum absolute atomic E-state index is 13.5. The molecule has 0 fully saturated rings. The van der Waals surface area contributed by atoms with Crippen LogP contribution in [0.15, 0.2) is 48.5 Å². The van der Waals surface area contributed by atoms with Crippen molar-refractivity contribution in [2.45, 2.75) is 0 Å². The first-order valence-electron chi connectivity index (χ1n) is 6.40. The van der Waals surface area contributed by atoms with Crippen molar-refractivity contribution in [3.8, 4) is 5.75 Å². The first kappa shape index (κ1) is 15.4. The van der Waals surface area contributed by atoms with E-state index in [-0.39, 0.29) is 22.7 Å². The Morgan fingerprint density at radius 3 is 2.27 bits per heavy atom. The Kier molecular flexibility index (Phi) is 4.68. The number of carbonyl (C=O) groups is 2. The van der Waals surface area contributed by atoms with Gasteiger partial charge in [-0.05, 0) is 42.0 Å². The van der Waals surface area contributed by atoms with Gasteiger partial charge in [0.25, 0.3) is 0 Å². The number of benzene rings is 2. The molecule has 112 valence electrons. The summed E-state index contributed by atoms with van der Waals surface area (Å²) in [4.78, 5) is 22.7. The Labute approximate surface area is 126 Å². The number of halogens is 1. The average molecular weight is 300 g/mol. The van der Waals surface area contributed by atoms with E-state index in [2.05, 4.69) is 0 Å². The third-order valence-electron chi connectivity index (χ3n) is 3.02. The second-order valence-corrected chi connectivity index (χ2v) is 4.47. The molecule has 22 heavy (non-hydrogen) atoms. The van der Waals surface area contributed by atoms with Crippen molar-refractivity contribution in [2.24, 2.45) is 0 Å². The van der Waals surface area contributed by atoms with Crippen molar-refractivity contribution in [1.29, 1.82) is 0 Å². The summed E-state index contributed by atoms with van der Waals surface area (Å²) in [6, 6.07) is 10.0. The van der Waals surface area contributed by atoms with Crippen LogP contribution >= 0.6 is 0 Å². The van der Waals surface area contributed by atoms with Gasteiger partial charge in [0.05, 0.1) is 12.7 Å². The molecule has 0 radical (unpaired) electrons. The Morgan fingerprint density at radius 1 is 1.09 bits per heavy atom. The van der Waals surface area contributed by atoms with Crippen LogP contribution in [0.2, 0.25) is 0 Å². The molecule has 5 heteroatoms. The van der Waals surface area contributed by atoms with Crippen LogP contribution in [0, 0.1) is 5.82 Å². The Balaban J connectivity index is 2.14. The molecule has 2 aromatic carbocycles. The van der Waals surface area contributed by atoms with Crippen LogP contribution in [0.5, 0.6) is 5.75 Å². The monoisotopic (exact) mass is 300 g/mol. The summed E-state index contributed by atoms with van der Waals surface area (Å²) in [5, 5.41) is 8.79. The predicted octanol–water partition coefficient (Wildman–Crippen LogP) is 3.43. The number of methoxy groups -OCH3 is 1. The molecule has 0 amide bonds. The summed E-state index contributed by atoms with van der Waals surface area (Å²) in [6.45, 7) is 0. The second-order valence-electron chi connectivity index (χ2n) is 4.47. The van der Waals surface area contributed by atoms with E-state index in [0.29, 0.717) is 5.56 Å². The van der Waals surface area contributed by atoms with Gasteiger partial charge in [-0.15, -0.1) is 0 Å². The molecule has 0 saturated heterocycles. The molecule has 4 nitrogen and oxygen atoms in total. The van der Waals surface area contributed by atoms with E-state index in [1.54, 1.807) is 12.1 Å². The summed E-state index contributed by atoms with van der Waals surface area (Å²) in [6.07, 6.45) is 2.84. The first-order chi connectivity index (χ1) is 10.5. The van der Waals surface area contributed by atoms with Gasteiger partial charge in [0, 0.05) is 5.56 Å². The van der Waals surface area contributed by atoms with E-state index >= 15 is 0 Å². The van der Waals surface area contributed by atoms with Gasteiger partial charge >= 0.3 is 5.97 Å². The van der Waals surface area contributed by atoms with Crippen molar-refractivity contribution in [3.63, 3.8) is 0 Å². The molecule has 0 aromatic heterocycles. The van der Waals surface area contributed by atoms with Crippen LogP contribution in [-0.2, 0) is 0 Å². The minimum absolute atomic E-state index is 0.0739. The number of aromatic carboxylic acids is 1. The van der Waals surface area contributed by atoms with Gasteiger partial charge in [-0.3, -0.25) is 4.79 Å². The third-order valence-corrected chi connectivity index (χ3v) is 3.02. The van der Waals surface area contributed by atoms with Crippen LogP contribution in [-0.4, -0.2) is 24.0 Å². The minimum Gasteiger partial charge on any atom is -0.494 e. The quantitative estimate of drug-likeness (QED) is 0.678. The van der Waals surface area contributed by atoms with Crippen molar-refractivity contribution in [2.75, 3.05) is 7.11 Å². The normalized spacial score (nSPS) is 10.6. The van der Waals surface area contributed by atoms with Crippen LogP contribution in [0.4, 0.5) is 4.39 Å². The van der Waals surface area contributed by atoms with E-state index in [1.807, 2.05) is 0 Å². The maximum Gasteiger partial charge on any atom is 0.335 e. The lowest BCUT2D eigenvalue weighted by Crippen LogP contribution is -1.97. The number of rotatable bonds is 5. The zero-order valence-corrected chi connectivity index (χ0v) is 11.7. The fourth-order valence-electron chi connectivity index (χ4n) is 1.82. The SMILES string of the molecule is COc1ccc(C(=O)C=Cc2ccc(C(=O)O)cc2)cc1F. The molecule has 2 rings (SSSR count). The molecule has 0 aliphatic heterocycles. The highest BCUT2D eigenvalue weighted by Gasteiger charge is 2.07. The number of carbonyl (C=O) groups excluding carboxylic acids is 1. The van der Waals surface area contributed by atoms with Crippen LogP contribution in [0.25, 0.3) is 6.08 Å². The van der Waals surface area contributed by atoms with E-state index < -0.39 is 11.8 Å². The lowest BCUT2D eigenvalue weighted by atomic mass is 10.1. The lowest BCUT2D eigenvalue weighted by molar-refractivity contribution is 0.0696. The largest absolute Gasteiger partial charge is 0.494 e. The van der Waals surface area contributed by atoms with Gasteiger partial charge in [-0.2, -0.15) is 0 Å². The Hall–Kier alpha value is -2.95. The van der Waals surface area contributed by atoms with Gasteiger partial charge in [0.1, 0.15) is 0 Å². The van der Waals surface area contributed by atoms with Gasteiger partial charge in [-0.1, -0.05) is 18.2 Å². The summed E-state index contributed by atoms with van der Waals surface area (Å²) >= 11 is 0. The van der Waals surface area contributed by atoms with Gasteiger partial charge < -0.3 is 9.84 Å². The zero-order chi connectivity index (χ0) is 16.1. The second kappa shape index (κ2) is 6.67. The molecular formula is C17H13FO4. The molecule has 0 unspecified atom stereocenters. The summed E-state index contributed by atoms with van der Waals surface area (Å²) in [5.74, 6) is -1.90. The third kappa shape index (κ3) is 3.58. The van der Waals surface area contributed by atoms with E-state index in [1.165, 1.54) is 43.5 Å². The Bertz CT molecular complexity index is 733. The number of carboxylic acid groups (broad SMARTS) is 1. The van der Waals surface area contributed by atoms with Crippen molar-refractivity contribution >= 4 is 17.8 Å². The highest BCUT2D eigenvalue weighted by Crippen LogP contribution is 2.18. The standard InChI is InChI=1S/C17H13FO4/c1-22-16-9-7-13(10-14(16)18)15(19)8-4-11-2-5-12(6-3-11)17(20)21/h2-10H,1H3,(H,20,21). The fraction of sp³-hybridized carbons (Fsp3) is 0.0588. The highest BCUT2D eigenvalue weighted by atomic mass is 19.1. The molecule has 2 aromatic rings. The van der Waals surface area contributed by atoms with Crippen molar-refractivity contribution < 1.29 is 23.8 Å². The predicted molar refractivity (Wildman–Crippen MR) is 79.7 cm³/mol. The van der Waals surface area contributed by atoms with Crippen LogP contribution < -0.4 is 4.74 Å². The lowest BCUT2D eigenvalue weighted by Gasteiger charge is -2.02. The van der Waals surface area contributed by atoms with E-state index in [4.69, 9.17) is 9.84 Å². The molecule has 0 heterocycles. The highest BCUT2D eigenvalue weighted by molar-refractivity contribution is 6.06. The van der Waals surface area contributed by atoms with Crippen molar-refractivity contribution in [1.82, 2.24) is 0 Å². The smallest absolute Gasteiger partial charge is 0.335 e. The number of ketones is 1. The first-order valence-corrected chi connectivity index (χ1v) is 6.40. The summed E-state index contributed by atoms with van der Waals surface area (Å²) in [5.41, 5.74) is 1.05. The number of carboxylic acids is 1. The van der Waals surface area contributed by atoms with Crippen molar-refractivity contribution in [3.05, 3.63) is 71.0 Å². The molecule has 0 atom stereocenters. The van der Waals surface area contributed by atoms with Gasteiger partial charge in [0.2, 0.25) is 0 Å². The molecule has 0 spiro atoms. The number of ether oxygens (including phenoxy) is 1. The number of allylic oxidation sites excluding steroid dienone is 1. The van der Waals surface area contributed by atoms with Crippen LogP contribution in [0.1, 0.15) is 26.3 Å². The zero-order valence-electron chi connectivity index (χ0n) is 11.7. The fourth-order valence-corrected chi connectivity index (χ4v) is 1.82. The Morgan fingerprint density at radius 2 is 1.73 bits per heavy atom. The van der Waals surface area contributed by atoms with E-state index in [0.717, 1.165) is 6.07 Å². The van der Waals surface area contributed by atoms with Crippen LogP contribution in [0.3, 0.4) is 0 Å². The van der Waals surface area contributed by atoms with Gasteiger partial charge in [-0.25, -0.2) is 9.18 Å². The molecule has 0 aliphatic carbocycles. The summed E-state index contributed by atoms with van der Waals surface area (Å²) in [7, 11) is 1.35. The average Bonchev–Trinajstić information content (AvgIpc) is 2.52. The molecule has 0 bridgehead atoms. The molecule has 1 N–H and O–H groups in total. The van der Waals surface area contributed by atoms with E-state index in [9.17, 15) is 14.0 Å². The number of hydrogen-bond donors (Lipinski definition) is 1. The topological polar surface area (TPSA) is 63.6 Å². The summed E-state index contributed by atoms with van der Waals surface area (Å²) < 4.78 is 18.3. The molecule has 0 saturated carbocycles. The minimum atomic E-state index is -1.01. The molecular weight excluding hydrogens is 287 g/mol. The molecule has 0 aliphatic rings. The maximum atomic E-state index is 13.5. The number of hydrogen-bond acceptors (Lipinski definition) is 3.